The van der Waals surface area contributed by atoms with Crippen molar-refractivity contribution in [1.82, 2.24) is 30.2 Å². The summed E-state index contributed by atoms with van der Waals surface area (Å²) >= 11 is 0.882. The van der Waals surface area contributed by atoms with Crippen LogP contribution in [-0.2, 0) is 16.9 Å². The van der Waals surface area contributed by atoms with E-state index in [1.165, 1.54) is 11.7 Å². The van der Waals surface area contributed by atoms with Crippen molar-refractivity contribution in [2.24, 2.45) is 7.05 Å². The molecule has 1 aliphatic rings. The molecule has 0 radical (unpaired) electrons. The zero-order valence-electron chi connectivity index (χ0n) is 17.7. The minimum absolute atomic E-state index is 0.0629. The van der Waals surface area contributed by atoms with Gasteiger partial charge in [0, 0.05) is 24.3 Å². The zero-order valence-corrected chi connectivity index (χ0v) is 19.3. The number of benzene rings is 1. The lowest BCUT2D eigenvalue weighted by atomic mass is 10.0. The van der Waals surface area contributed by atoms with E-state index in [1.54, 1.807) is 12.4 Å². The second-order valence-corrected chi connectivity index (χ2v) is 10.5. The maximum absolute atomic E-state index is 13.1. The van der Waals surface area contributed by atoms with Crippen LogP contribution >= 0.6 is 11.8 Å². The number of rotatable bonds is 6. The van der Waals surface area contributed by atoms with Gasteiger partial charge in [-0.15, -0.1) is 5.10 Å². The number of hydrogen-bond donors (Lipinski definition) is 1. The largest absolute Gasteiger partial charge is 0.501 e. The lowest BCUT2D eigenvalue weighted by molar-refractivity contribution is -0.0436. The number of carbonyl (C=O) groups excluding carboxylic acids is 1. The number of carbonyl (C=O) groups is 1. The van der Waals surface area contributed by atoms with Crippen molar-refractivity contribution in [3.63, 3.8) is 0 Å². The molecule has 0 bridgehead atoms. The van der Waals surface area contributed by atoms with E-state index in [9.17, 15) is 26.4 Å². The van der Waals surface area contributed by atoms with E-state index < -0.39 is 26.1 Å². The zero-order chi connectivity index (χ0) is 24.5. The number of amides is 1. The van der Waals surface area contributed by atoms with Crippen LogP contribution in [0.15, 0.2) is 45.5 Å². The molecule has 0 unspecified atom stereocenters. The number of hydrogen-bond acceptors (Lipinski definition) is 9. The fourth-order valence-corrected chi connectivity index (χ4v) is 5.15. The Bertz CT molecular complexity index is 1310. The van der Waals surface area contributed by atoms with Crippen LogP contribution in [0.2, 0.25) is 0 Å². The molecule has 0 atom stereocenters. The van der Waals surface area contributed by atoms with Crippen LogP contribution in [0, 0.1) is 0 Å². The van der Waals surface area contributed by atoms with Gasteiger partial charge in [-0.05, 0) is 64.7 Å². The topological polar surface area (TPSA) is 133 Å². The summed E-state index contributed by atoms with van der Waals surface area (Å²) in [6.07, 6.45) is 7.53. The van der Waals surface area contributed by atoms with Crippen molar-refractivity contribution in [3.8, 4) is 0 Å². The maximum Gasteiger partial charge on any atom is 0.501 e. The molecule has 0 saturated heterocycles. The Hall–Kier alpha value is -3.07. The third-order valence-corrected chi connectivity index (χ3v) is 7.91. The Morgan fingerprint density at radius 1 is 1.18 bits per heavy atom. The van der Waals surface area contributed by atoms with E-state index in [2.05, 4.69) is 30.8 Å². The molecule has 4 rings (SSSR count). The highest BCUT2D eigenvalue weighted by Crippen LogP contribution is 2.36. The molecule has 180 valence electrons. The van der Waals surface area contributed by atoms with Gasteiger partial charge in [0.15, 0.2) is 0 Å². The SMILES string of the molecule is Cn1nnnc1Sc1ccc(S(=O)(=O)C(F)(F)F)cc1C(=O)Nc1ncc(C2CCCC2)cn1. The highest BCUT2D eigenvalue weighted by atomic mass is 32.2. The van der Waals surface area contributed by atoms with Crippen LogP contribution in [-0.4, -0.2) is 50.0 Å². The second-order valence-electron chi connectivity index (χ2n) is 7.57. The average molecular weight is 514 g/mol. The van der Waals surface area contributed by atoms with Gasteiger partial charge in [-0.25, -0.2) is 23.1 Å². The smallest absolute Gasteiger partial charge is 0.290 e. The van der Waals surface area contributed by atoms with Crippen LogP contribution in [0.3, 0.4) is 0 Å². The number of nitrogens with zero attached hydrogens (tertiary/aromatic N) is 6. The van der Waals surface area contributed by atoms with Crippen molar-refractivity contribution in [3.05, 3.63) is 41.7 Å². The number of nitrogens with one attached hydrogen (secondary N) is 1. The first kappa shape index (κ1) is 24.1. The molecule has 0 aliphatic heterocycles. The molecule has 3 aromatic rings. The summed E-state index contributed by atoms with van der Waals surface area (Å²) in [6.45, 7) is 0. The standard InChI is InChI=1S/C19H18F3N7O3S2/c1-29-18(26-27-28-29)33-15-7-6-13(34(31,32)19(20,21)22)8-14(15)16(30)25-17-23-9-12(10-24-17)11-4-2-3-5-11/h6-11H,2-5H2,1H3,(H,23,24,25,30). The van der Waals surface area contributed by atoms with E-state index in [4.69, 9.17) is 0 Å². The molecule has 1 saturated carbocycles. The lowest BCUT2D eigenvalue weighted by Crippen LogP contribution is -2.24. The molecule has 10 nitrogen and oxygen atoms in total. The maximum atomic E-state index is 13.1. The summed E-state index contributed by atoms with van der Waals surface area (Å²) in [5.74, 6) is -0.588. The lowest BCUT2D eigenvalue weighted by Gasteiger charge is -2.13. The van der Waals surface area contributed by atoms with Gasteiger partial charge in [-0.1, -0.05) is 12.8 Å². The summed E-state index contributed by atoms with van der Waals surface area (Å²) in [5, 5.41) is 13.5. The number of aryl methyl sites for hydroxylation is 1. The van der Waals surface area contributed by atoms with Crippen LogP contribution in [0.5, 0.6) is 0 Å². The monoisotopic (exact) mass is 513 g/mol. The molecular formula is C19H18F3N7O3S2. The van der Waals surface area contributed by atoms with Gasteiger partial charge in [0.1, 0.15) is 0 Å². The summed E-state index contributed by atoms with van der Waals surface area (Å²) < 4.78 is 64.3. The quantitative estimate of drug-likeness (QED) is 0.527. The normalized spacial score (nSPS) is 14.9. The van der Waals surface area contributed by atoms with Gasteiger partial charge in [-0.3, -0.25) is 10.1 Å². The van der Waals surface area contributed by atoms with E-state index in [0.717, 1.165) is 55.1 Å². The Morgan fingerprint density at radius 3 is 2.44 bits per heavy atom. The molecule has 2 aromatic heterocycles. The third-order valence-electron chi connectivity index (χ3n) is 5.32. The molecule has 1 aliphatic carbocycles. The number of tetrazole rings is 1. The first-order chi connectivity index (χ1) is 16.1. The van der Waals surface area contributed by atoms with Crippen molar-refractivity contribution in [2.45, 2.75) is 52.1 Å². The molecule has 15 heteroatoms. The Labute approximate surface area is 196 Å². The van der Waals surface area contributed by atoms with Gasteiger partial charge < -0.3 is 0 Å². The molecule has 0 spiro atoms. The Morgan fingerprint density at radius 2 is 1.85 bits per heavy atom. The predicted molar refractivity (Wildman–Crippen MR) is 114 cm³/mol. The average Bonchev–Trinajstić information content (AvgIpc) is 3.46. The fourth-order valence-electron chi connectivity index (χ4n) is 3.52. The Balaban J connectivity index is 1.66. The molecular weight excluding hydrogens is 495 g/mol. The van der Waals surface area contributed by atoms with Crippen molar-refractivity contribution in [1.29, 1.82) is 0 Å². The van der Waals surface area contributed by atoms with E-state index in [1.807, 2.05) is 0 Å². The third kappa shape index (κ3) is 4.89. The fraction of sp³-hybridized carbons (Fsp3) is 0.368. The van der Waals surface area contributed by atoms with Gasteiger partial charge in [0.2, 0.25) is 11.1 Å². The summed E-state index contributed by atoms with van der Waals surface area (Å²) in [5.41, 5.74) is -4.91. The first-order valence-electron chi connectivity index (χ1n) is 10.0. The molecule has 1 aromatic carbocycles. The Kier molecular flexibility index (Phi) is 6.58. The molecule has 34 heavy (non-hydrogen) atoms. The van der Waals surface area contributed by atoms with E-state index >= 15 is 0 Å². The van der Waals surface area contributed by atoms with Crippen LogP contribution in [0.25, 0.3) is 0 Å². The van der Waals surface area contributed by atoms with Crippen LogP contribution in [0.4, 0.5) is 19.1 Å². The molecule has 2 heterocycles. The van der Waals surface area contributed by atoms with Gasteiger partial charge in [-0.2, -0.15) is 13.2 Å². The number of sulfone groups is 1. The van der Waals surface area contributed by atoms with Gasteiger partial charge in [0.05, 0.1) is 10.5 Å². The number of alkyl halides is 3. The number of aromatic nitrogens is 6. The van der Waals surface area contributed by atoms with Crippen LogP contribution < -0.4 is 5.32 Å². The van der Waals surface area contributed by atoms with Gasteiger partial charge >= 0.3 is 5.51 Å². The van der Waals surface area contributed by atoms with Crippen molar-refractivity contribution in [2.75, 3.05) is 5.32 Å². The molecule has 1 amide bonds. The molecule has 1 fully saturated rings. The number of anilines is 1. The van der Waals surface area contributed by atoms with Crippen molar-refractivity contribution < 1.29 is 26.4 Å². The predicted octanol–water partition coefficient (Wildman–Crippen LogP) is 3.35. The summed E-state index contributed by atoms with van der Waals surface area (Å²) in [6, 6.07) is 2.53. The summed E-state index contributed by atoms with van der Waals surface area (Å²) in [4.78, 5) is 20.3. The van der Waals surface area contributed by atoms with Crippen molar-refractivity contribution >= 4 is 33.5 Å². The first-order valence-corrected chi connectivity index (χ1v) is 12.3. The highest BCUT2D eigenvalue weighted by Gasteiger charge is 2.47. The van der Waals surface area contributed by atoms with E-state index in [0.29, 0.717) is 12.0 Å². The second kappa shape index (κ2) is 9.29. The molecule has 1 N–H and O–H groups in total. The van der Waals surface area contributed by atoms with E-state index in [-0.39, 0.29) is 21.6 Å². The number of halogens is 3. The van der Waals surface area contributed by atoms with Crippen LogP contribution in [0.1, 0.15) is 47.5 Å². The van der Waals surface area contributed by atoms with Gasteiger partial charge in [0.25, 0.3) is 15.7 Å². The minimum atomic E-state index is -5.67. The minimum Gasteiger partial charge on any atom is -0.290 e. The summed E-state index contributed by atoms with van der Waals surface area (Å²) in [7, 11) is -4.14. The highest BCUT2D eigenvalue weighted by molar-refractivity contribution is 7.99.